The lowest BCUT2D eigenvalue weighted by Gasteiger charge is -2.21. The second kappa shape index (κ2) is 9.47. The van der Waals surface area contributed by atoms with Crippen molar-refractivity contribution in [3.05, 3.63) is 57.7 Å². The van der Waals surface area contributed by atoms with E-state index >= 15 is 0 Å². The molecule has 0 amide bonds. The average Bonchev–Trinajstić information content (AvgIpc) is 2.79. The van der Waals surface area contributed by atoms with E-state index in [0.717, 1.165) is 36.8 Å². The molecular formula is C26H28O6. The van der Waals surface area contributed by atoms with Gasteiger partial charge in [0.25, 0.3) is 0 Å². The van der Waals surface area contributed by atoms with E-state index < -0.39 is 5.97 Å². The second-order valence-corrected chi connectivity index (χ2v) is 8.31. The van der Waals surface area contributed by atoms with Crippen molar-refractivity contribution >= 4 is 16.9 Å². The van der Waals surface area contributed by atoms with Crippen LogP contribution in [0.25, 0.3) is 22.3 Å². The summed E-state index contributed by atoms with van der Waals surface area (Å²) in [5, 5.41) is 0.426. The van der Waals surface area contributed by atoms with Crippen LogP contribution in [-0.2, 0) is 9.53 Å². The Morgan fingerprint density at radius 2 is 1.78 bits per heavy atom. The smallest absolute Gasteiger partial charge is 0.344 e. The summed E-state index contributed by atoms with van der Waals surface area (Å²) in [6, 6.07) is 10.9. The van der Waals surface area contributed by atoms with Gasteiger partial charge in [-0.2, -0.15) is 0 Å². The molecule has 0 atom stereocenters. The van der Waals surface area contributed by atoms with Crippen LogP contribution >= 0.6 is 0 Å². The van der Waals surface area contributed by atoms with E-state index in [0.29, 0.717) is 22.3 Å². The largest absolute Gasteiger partial charge is 0.497 e. The van der Waals surface area contributed by atoms with E-state index in [1.807, 2.05) is 19.9 Å². The first kappa shape index (κ1) is 21.9. The summed E-state index contributed by atoms with van der Waals surface area (Å²) in [6.45, 7) is 3.48. The van der Waals surface area contributed by atoms with Crippen LogP contribution in [-0.4, -0.2) is 25.8 Å². The number of hydrogen-bond acceptors (Lipinski definition) is 6. The number of carbonyl (C=O) groups is 1. The average molecular weight is 437 g/mol. The molecule has 0 N–H and O–H groups in total. The Hall–Kier alpha value is -3.28. The van der Waals surface area contributed by atoms with Gasteiger partial charge in [0.2, 0.25) is 11.2 Å². The molecule has 0 unspecified atom stereocenters. The number of fused-ring (bicyclic) bond motifs is 1. The zero-order chi connectivity index (χ0) is 22.7. The minimum Gasteiger partial charge on any atom is -0.497 e. The number of carbonyl (C=O) groups excluding carboxylic acids is 1. The Morgan fingerprint density at radius 1 is 1.06 bits per heavy atom. The maximum absolute atomic E-state index is 13.4. The topological polar surface area (TPSA) is 75.0 Å². The van der Waals surface area contributed by atoms with E-state index in [4.69, 9.17) is 18.6 Å². The predicted molar refractivity (Wildman–Crippen MR) is 122 cm³/mol. The Bertz CT molecular complexity index is 1170. The summed E-state index contributed by atoms with van der Waals surface area (Å²) < 4.78 is 22.7. The van der Waals surface area contributed by atoms with E-state index in [2.05, 4.69) is 0 Å². The van der Waals surface area contributed by atoms with E-state index in [-0.39, 0.29) is 29.6 Å². The molecule has 1 saturated carbocycles. The summed E-state index contributed by atoms with van der Waals surface area (Å²) in [6.07, 6.45) is 4.98. The summed E-state index contributed by atoms with van der Waals surface area (Å²) in [5.74, 6) is 0.496. The van der Waals surface area contributed by atoms with Gasteiger partial charge < -0.3 is 18.6 Å². The Morgan fingerprint density at radius 3 is 2.47 bits per heavy atom. The molecule has 4 rings (SSSR count). The van der Waals surface area contributed by atoms with Crippen molar-refractivity contribution in [1.82, 2.24) is 0 Å². The summed E-state index contributed by atoms with van der Waals surface area (Å²) >= 11 is 0. The van der Waals surface area contributed by atoms with Crippen LogP contribution in [0.2, 0.25) is 0 Å². The molecule has 1 aromatic heterocycles. The molecule has 6 heteroatoms. The van der Waals surface area contributed by atoms with Crippen LogP contribution in [0.1, 0.15) is 43.2 Å². The van der Waals surface area contributed by atoms with Crippen molar-refractivity contribution in [2.45, 2.75) is 52.1 Å². The standard InChI is InChI=1S/C26H28O6/c1-16-13-17(2)24-21(14-16)23(28)26(25(32-24)18-9-11-19(29-3)12-10-18)30-15-22(27)31-20-7-5-4-6-8-20/h9-14,20H,4-8,15H2,1-3H3. The van der Waals surface area contributed by atoms with Gasteiger partial charge in [-0.1, -0.05) is 12.5 Å². The van der Waals surface area contributed by atoms with E-state index in [1.54, 1.807) is 37.4 Å². The number of rotatable bonds is 6. The van der Waals surface area contributed by atoms with Crippen LogP contribution in [0.4, 0.5) is 0 Å². The number of hydrogen-bond donors (Lipinski definition) is 0. The monoisotopic (exact) mass is 436 g/mol. The highest BCUT2D eigenvalue weighted by molar-refractivity contribution is 5.85. The summed E-state index contributed by atoms with van der Waals surface area (Å²) in [4.78, 5) is 25.8. The molecule has 0 aliphatic heterocycles. The van der Waals surface area contributed by atoms with E-state index in [9.17, 15) is 9.59 Å². The minimum absolute atomic E-state index is 0.00765. The third kappa shape index (κ3) is 4.64. The Kier molecular flexibility index (Phi) is 6.49. The number of benzene rings is 2. The van der Waals surface area contributed by atoms with Crippen LogP contribution in [0.3, 0.4) is 0 Å². The van der Waals surface area contributed by atoms with Crippen molar-refractivity contribution in [3.8, 4) is 22.8 Å². The zero-order valence-corrected chi connectivity index (χ0v) is 18.7. The minimum atomic E-state index is -0.475. The molecular weight excluding hydrogens is 408 g/mol. The number of esters is 1. The summed E-state index contributed by atoms with van der Waals surface area (Å²) in [7, 11) is 1.59. The first-order chi connectivity index (χ1) is 15.5. The molecule has 3 aromatic rings. The predicted octanol–water partition coefficient (Wildman–Crippen LogP) is 5.34. The molecule has 32 heavy (non-hydrogen) atoms. The first-order valence-corrected chi connectivity index (χ1v) is 11.0. The fourth-order valence-electron chi connectivity index (χ4n) is 4.23. The second-order valence-electron chi connectivity index (χ2n) is 8.31. The molecule has 1 aliphatic carbocycles. The van der Waals surface area contributed by atoms with Crippen molar-refractivity contribution in [2.24, 2.45) is 0 Å². The molecule has 168 valence electrons. The number of methoxy groups -OCH3 is 1. The number of ether oxygens (including phenoxy) is 3. The third-order valence-electron chi connectivity index (χ3n) is 5.82. The molecule has 1 heterocycles. The highest BCUT2D eigenvalue weighted by Crippen LogP contribution is 2.33. The van der Waals surface area contributed by atoms with Crippen molar-refractivity contribution in [3.63, 3.8) is 0 Å². The molecule has 1 fully saturated rings. The van der Waals surface area contributed by atoms with Gasteiger partial charge in [-0.15, -0.1) is 0 Å². The molecule has 0 bridgehead atoms. The molecule has 0 radical (unpaired) electrons. The lowest BCUT2D eigenvalue weighted by molar-refractivity contribution is -0.152. The van der Waals surface area contributed by atoms with Gasteiger partial charge in [0.05, 0.1) is 12.5 Å². The van der Waals surface area contributed by atoms with Crippen LogP contribution in [0.15, 0.2) is 45.6 Å². The van der Waals surface area contributed by atoms with Crippen molar-refractivity contribution in [1.29, 1.82) is 0 Å². The molecule has 0 saturated heterocycles. The van der Waals surface area contributed by atoms with Crippen molar-refractivity contribution < 1.29 is 23.4 Å². The molecule has 0 spiro atoms. The van der Waals surface area contributed by atoms with Crippen LogP contribution < -0.4 is 14.9 Å². The quantitative estimate of drug-likeness (QED) is 0.486. The van der Waals surface area contributed by atoms with Gasteiger partial charge in [-0.25, -0.2) is 4.79 Å². The maximum atomic E-state index is 13.4. The highest BCUT2D eigenvalue weighted by Gasteiger charge is 2.22. The lowest BCUT2D eigenvalue weighted by atomic mass is 9.98. The zero-order valence-electron chi connectivity index (χ0n) is 18.7. The van der Waals surface area contributed by atoms with Crippen LogP contribution in [0.5, 0.6) is 11.5 Å². The van der Waals surface area contributed by atoms with Gasteiger partial charge in [0.15, 0.2) is 12.4 Å². The van der Waals surface area contributed by atoms with Crippen molar-refractivity contribution in [2.75, 3.05) is 13.7 Å². The van der Waals surface area contributed by atoms with Gasteiger partial charge in [-0.3, -0.25) is 4.79 Å². The van der Waals surface area contributed by atoms with Gasteiger partial charge >= 0.3 is 5.97 Å². The highest BCUT2D eigenvalue weighted by atomic mass is 16.6. The van der Waals surface area contributed by atoms with E-state index in [1.165, 1.54) is 6.42 Å². The Labute approximate surface area is 187 Å². The first-order valence-electron chi connectivity index (χ1n) is 11.0. The third-order valence-corrected chi connectivity index (χ3v) is 5.82. The van der Waals surface area contributed by atoms with Gasteiger partial charge in [0, 0.05) is 5.56 Å². The lowest BCUT2D eigenvalue weighted by Crippen LogP contribution is -2.25. The molecule has 6 nitrogen and oxygen atoms in total. The Balaban J connectivity index is 1.70. The SMILES string of the molecule is COc1ccc(-c2oc3c(C)cc(C)cc3c(=O)c2OCC(=O)OC2CCCCC2)cc1. The fourth-order valence-corrected chi connectivity index (χ4v) is 4.23. The van der Waals surface area contributed by atoms with Gasteiger partial charge in [-0.05, 0) is 81.0 Å². The fraction of sp³-hybridized carbons (Fsp3) is 0.385. The normalized spacial score (nSPS) is 14.3. The van der Waals surface area contributed by atoms with Gasteiger partial charge in [0.1, 0.15) is 17.4 Å². The number of aryl methyl sites for hydroxylation is 2. The maximum Gasteiger partial charge on any atom is 0.344 e. The molecule has 1 aliphatic rings. The summed E-state index contributed by atoms with van der Waals surface area (Å²) in [5.41, 5.74) is 2.65. The van der Waals surface area contributed by atoms with Crippen LogP contribution in [0, 0.1) is 13.8 Å². The molecule has 2 aromatic carbocycles.